The first-order valence-corrected chi connectivity index (χ1v) is 8.78. The number of rotatable bonds is 8. The van der Waals surface area contributed by atoms with E-state index in [4.69, 9.17) is 4.74 Å². The highest BCUT2D eigenvalue weighted by Gasteiger charge is 2.33. The molecule has 0 aliphatic heterocycles. The van der Waals surface area contributed by atoms with Crippen molar-refractivity contribution in [3.8, 4) is 0 Å². The van der Waals surface area contributed by atoms with Gasteiger partial charge in [-0.2, -0.15) is 0 Å². The van der Waals surface area contributed by atoms with E-state index < -0.39 is 11.8 Å². The number of amides is 1. The average molecular weight is 353 g/mol. The van der Waals surface area contributed by atoms with Crippen LogP contribution in [0.25, 0.3) is 0 Å². The molecule has 0 spiro atoms. The van der Waals surface area contributed by atoms with Gasteiger partial charge in [0.05, 0.1) is 38.5 Å². The van der Waals surface area contributed by atoms with Gasteiger partial charge in [-0.15, -0.1) is 0 Å². The third kappa shape index (κ3) is 5.26. The summed E-state index contributed by atoms with van der Waals surface area (Å²) in [6.45, 7) is 8.38. The predicted octanol–water partition coefficient (Wildman–Crippen LogP) is 3.51. The van der Waals surface area contributed by atoms with Gasteiger partial charge in [-0.3, -0.25) is 4.79 Å². The van der Waals surface area contributed by atoms with E-state index in [1.54, 1.807) is 13.8 Å². The van der Waals surface area contributed by atoms with Crippen LogP contribution in [0.2, 0.25) is 0 Å². The van der Waals surface area contributed by atoms with Crippen molar-refractivity contribution < 1.29 is 23.2 Å². The molecule has 1 amide bonds. The molecule has 0 radical (unpaired) electrons. The Labute approximate surface area is 149 Å². The number of carbonyl (C=O) groups is 2. The van der Waals surface area contributed by atoms with Gasteiger partial charge in [0.25, 0.3) is 5.91 Å². The summed E-state index contributed by atoms with van der Waals surface area (Å²) in [5, 5.41) is 2.85. The Morgan fingerprint density at radius 1 is 1.24 bits per heavy atom. The van der Waals surface area contributed by atoms with Crippen molar-refractivity contribution in [2.45, 2.75) is 46.6 Å². The third-order valence-electron chi connectivity index (χ3n) is 4.57. The lowest BCUT2D eigenvalue weighted by atomic mass is 10.0. The van der Waals surface area contributed by atoms with Crippen molar-refractivity contribution >= 4 is 17.6 Å². The number of halogens is 1. The lowest BCUT2D eigenvalue weighted by molar-refractivity contribution is -0.904. The molecule has 140 valence electrons. The van der Waals surface area contributed by atoms with E-state index in [2.05, 4.69) is 5.32 Å². The number of likely N-dealkylation sites (N-methyl/N-ethyl adjacent to an activating group) is 1. The summed E-state index contributed by atoms with van der Waals surface area (Å²) in [6, 6.07) is 2.15. The van der Waals surface area contributed by atoms with Gasteiger partial charge in [-0.05, 0) is 44.9 Å². The second-order valence-corrected chi connectivity index (χ2v) is 6.75. The van der Waals surface area contributed by atoms with Crippen molar-refractivity contribution in [1.29, 1.82) is 0 Å². The zero-order chi connectivity index (χ0) is 19.2. The first-order chi connectivity index (χ1) is 11.7. The Hall–Kier alpha value is -1.95. The smallest absolute Gasteiger partial charge is 0.340 e. The van der Waals surface area contributed by atoms with Crippen LogP contribution in [0.4, 0.5) is 10.1 Å². The van der Waals surface area contributed by atoms with Gasteiger partial charge in [-0.25, -0.2) is 9.18 Å². The van der Waals surface area contributed by atoms with Gasteiger partial charge < -0.3 is 14.5 Å². The summed E-state index contributed by atoms with van der Waals surface area (Å²) in [5.74, 6) is -1.35. The second-order valence-electron chi connectivity index (χ2n) is 6.75. The molecule has 1 N–H and O–H groups in total. The van der Waals surface area contributed by atoms with Crippen LogP contribution in [0.5, 0.6) is 0 Å². The highest BCUT2D eigenvalue weighted by molar-refractivity contribution is 6.03. The number of hydrogen-bond acceptors (Lipinski definition) is 3. The molecule has 0 bridgehead atoms. The first-order valence-electron chi connectivity index (χ1n) is 8.78. The Balaban J connectivity index is 3.23. The molecule has 5 nitrogen and oxygen atoms in total. The van der Waals surface area contributed by atoms with Gasteiger partial charge in [0.2, 0.25) is 0 Å². The SMILES string of the molecule is CCCC(C(=O)Nc1c(C)cc(F)cc1C(=O)OCC)[N+](C)(C)CC. The van der Waals surface area contributed by atoms with Crippen molar-refractivity contribution in [1.82, 2.24) is 0 Å². The van der Waals surface area contributed by atoms with Crippen LogP contribution >= 0.6 is 0 Å². The van der Waals surface area contributed by atoms with E-state index in [1.165, 1.54) is 6.07 Å². The van der Waals surface area contributed by atoms with Crippen LogP contribution in [-0.2, 0) is 9.53 Å². The second kappa shape index (κ2) is 8.94. The summed E-state index contributed by atoms with van der Waals surface area (Å²) < 4.78 is 19.3. The Morgan fingerprint density at radius 2 is 1.88 bits per heavy atom. The lowest BCUT2D eigenvalue weighted by Crippen LogP contribution is -2.54. The standard InChI is InChI=1S/C19H29FN2O3/c1-7-10-16(22(5,6)8-2)18(23)21-17-13(4)11-14(20)12-15(17)19(24)25-9-3/h11-12,16H,7-10H2,1-6H3/p+1. The van der Waals surface area contributed by atoms with E-state index in [-0.39, 0.29) is 24.1 Å². The van der Waals surface area contributed by atoms with Crippen molar-refractivity contribution in [3.63, 3.8) is 0 Å². The molecule has 0 fully saturated rings. The predicted molar refractivity (Wildman–Crippen MR) is 97.1 cm³/mol. The summed E-state index contributed by atoms with van der Waals surface area (Å²) >= 11 is 0. The number of aryl methyl sites for hydroxylation is 1. The summed E-state index contributed by atoms with van der Waals surface area (Å²) in [7, 11) is 4.01. The van der Waals surface area contributed by atoms with Crippen LogP contribution in [0, 0.1) is 12.7 Å². The fraction of sp³-hybridized carbons (Fsp3) is 0.579. The molecule has 0 heterocycles. The number of hydrogen-bond donors (Lipinski definition) is 1. The number of carbonyl (C=O) groups excluding carboxylic acids is 2. The molecule has 1 aromatic rings. The Morgan fingerprint density at radius 3 is 2.40 bits per heavy atom. The van der Waals surface area contributed by atoms with Gasteiger partial charge in [0.1, 0.15) is 5.82 Å². The Bertz CT molecular complexity index is 629. The summed E-state index contributed by atoms with van der Waals surface area (Å²) in [4.78, 5) is 25.1. The lowest BCUT2D eigenvalue weighted by Gasteiger charge is -2.36. The number of nitrogens with zero attached hydrogens (tertiary/aromatic N) is 1. The highest BCUT2D eigenvalue weighted by atomic mass is 19.1. The molecule has 0 aromatic heterocycles. The number of quaternary nitrogens is 1. The molecular weight excluding hydrogens is 323 g/mol. The highest BCUT2D eigenvalue weighted by Crippen LogP contribution is 2.25. The van der Waals surface area contributed by atoms with Crippen molar-refractivity contribution in [2.75, 3.05) is 32.6 Å². The van der Waals surface area contributed by atoms with Gasteiger partial charge in [0.15, 0.2) is 6.04 Å². The molecular formula is C19H30FN2O3+. The average Bonchev–Trinajstić information content (AvgIpc) is 2.54. The van der Waals surface area contributed by atoms with Crippen LogP contribution < -0.4 is 5.32 Å². The zero-order valence-corrected chi connectivity index (χ0v) is 16.1. The van der Waals surface area contributed by atoms with Crippen molar-refractivity contribution in [2.24, 2.45) is 0 Å². The zero-order valence-electron chi connectivity index (χ0n) is 16.1. The maximum Gasteiger partial charge on any atom is 0.340 e. The van der Waals surface area contributed by atoms with Gasteiger partial charge in [-0.1, -0.05) is 6.92 Å². The molecule has 0 aliphatic rings. The van der Waals surface area contributed by atoms with E-state index in [0.717, 1.165) is 25.5 Å². The topological polar surface area (TPSA) is 55.4 Å². The third-order valence-corrected chi connectivity index (χ3v) is 4.57. The van der Waals surface area contributed by atoms with E-state index in [0.29, 0.717) is 15.7 Å². The monoisotopic (exact) mass is 353 g/mol. The number of nitrogens with one attached hydrogen (secondary N) is 1. The van der Waals surface area contributed by atoms with Crippen LogP contribution in [-0.4, -0.2) is 49.6 Å². The fourth-order valence-electron chi connectivity index (χ4n) is 2.78. The molecule has 0 saturated carbocycles. The number of anilines is 1. The van der Waals surface area contributed by atoms with E-state index in [1.807, 2.05) is 27.9 Å². The maximum atomic E-state index is 13.7. The molecule has 0 saturated heterocycles. The first kappa shape index (κ1) is 21.1. The summed E-state index contributed by atoms with van der Waals surface area (Å²) in [5.41, 5.74) is 0.861. The molecule has 0 aliphatic carbocycles. The van der Waals surface area contributed by atoms with Crippen LogP contribution in [0.1, 0.15) is 49.5 Å². The Kier molecular flexibility index (Phi) is 7.55. The fourth-order valence-corrected chi connectivity index (χ4v) is 2.78. The maximum absolute atomic E-state index is 13.7. The van der Waals surface area contributed by atoms with Gasteiger partial charge in [0, 0.05) is 6.42 Å². The van der Waals surface area contributed by atoms with Gasteiger partial charge >= 0.3 is 5.97 Å². The molecule has 1 unspecified atom stereocenters. The van der Waals surface area contributed by atoms with E-state index in [9.17, 15) is 14.0 Å². The molecule has 1 rings (SSSR count). The number of esters is 1. The minimum atomic E-state index is -0.642. The quantitative estimate of drug-likeness (QED) is 0.575. The minimum absolute atomic E-state index is 0.0461. The largest absolute Gasteiger partial charge is 0.462 e. The summed E-state index contributed by atoms with van der Waals surface area (Å²) in [6.07, 6.45) is 1.59. The molecule has 1 atom stereocenters. The number of benzene rings is 1. The molecule has 25 heavy (non-hydrogen) atoms. The van der Waals surface area contributed by atoms with Crippen molar-refractivity contribution in [3.05, 3.63) is 29.1 Å². The molecule has 6 heteroatoms. The van der Waals surface area contributed by atoms with Crippen LogP contribution in [0.15, 0.2) is 12.1 Å². The van der Waals surface area contributed by atoms with Crippen LogP contribution in [0.3, 0.4) is 0 Å². The van der Waals surface area contributed by atoms with E-state index >= 15 is 0 Å². The number of ether oxygens (including phenoxy) is 1. The molecule has 1 aromatic carbocycles. The minimum Gasteiger partial charge on any atom is -0.462 e. The normalized spacial score (nSPS) is 12.6.